The highest BCUT2D eigenvalue weighted by molar-refractivity contribution is 5.69. The van der Waals surface area contributed by atoms with Gasteiger partial charge >= 0.3 is 6.01 Å². The van der Waals surface area contributed by atoms with Crippen molar-refractivity contribution in [2.75, 3.05) is 0 Å². The molecule has 2 aromatic heterocycles. The van der Waals surface area contributed by atoms with Crippen LogP contribution in [0.5, 0.6) is 6.01 Å². The molecule has 2 heterocycles. The summed E-state index contributed by atoms with van der Waals surface area (Å²) in [5, 5.41) is 0. The van der Waals surface area contributed by atoms with E-state index in [9.17, 15) is 0 Å². The van der Waals surface area contributed by atoms with Crippen molar-refractivity contribution >= 4 is 11.2 Å². The van der Waals surface area contributed by atoms with Crippen molar-refractivity contribution in [3.8, 4) is 6.01 Å². The first-order chi connectivity index (χ1) is 6.31. The summed E-state index contributed by atoms with van der Waals surface area (Å²) < 4.78 is 1.79. The van der Waals surface area contributed by atoms with E-state index in [0.29, 0.717) is 5.65 Å². The summed E-state index contributed by atoms with van der Waals surface area (Å²) in [6, 6.07) is 0.0358. The van der Waals surface area contributed by atoms with E-state index in [2.05, 4.69) is 30.7 Å². The van der Waals surface area contributed by atoms with Gasteiger partial charge in [-0.1, -0.05) is 4.99 Å². The number of fused-ring (bicyclic) bond motifs is 1. The third kappa shape index (κ3) is 1.30. The van der Waals surface area contributed by atoms with E-state index in [1.807, 2.05) is 7.05 Å². The van der Waals surface area contributed by atoms with E-state index in [1.165, 1.54) is 0 Å². The molecule has 0 saturated carbocycles. The molecule has 7 nitrogen and oxygen atoms in total. The number of hydrogen-bond acceptors (Lipinski definition) is 6. The molecule has 2 N–H and O–H groups in total. The second-order valence-electron chi connectivity index (χ2n) is 2.40. The van der Waals surface area contributed by atoms with Gasteiger partial charge in [-0.2, -0.15) is 15.9 Å². The lowest BCUT2D eigenvalue weighted by atomic mass is 10.5. The monoisotopic (exact) mass is 181 g/mol. The van der Waals surface area contributed by atoms with Gasteiger partial charge in [0.1, 0.15) is 5.52 Å². The fourth-order valence-corrected chi connectivity index (χ4v) is 0.981. The summed E-state index contributed by atoms with van der Waals surface area (Å²) in [4.78, 5) is 20.1. The number of nitrogens with two attached hydrogens (primary N) is 1. The fourth-order valence-electron chi connectivity index (χ4n) is 0.981. The summed E-state index contributed by atoms with van der Waals surface area (Å²) in [6.07, 6.45) is 3.20. The molecule has 68 valence electrons. The largest absolute Gasteiger partial charge is 0.357 e. The maximum atomic E-state index is 4.68. The Labute approximate surface area is 73.0 Å². The number of nitrogens with zero attached hydrogens (tertiary/aromatic N) is 4. The van der Waals surface area contributed by atoms with Crippen molar-refractivity contribution in [1.29, 1.82) is 0 Å². The van der Waals surface area contributed by atoms with Crippen LogP contribution in [0.15, 0.2) is 12.5 Å². The minimum atomic E-state index is 0.0358. The molecular weight excluding hydrogens is 174 g/mol. The Balaban J connectivity index is 2.50. The zero-order valence-corrected chi connectivity index (χ0v) is 6.84. The molecule has 0 spiro atoms. The zero-order valence-electron chi connectivity index (χ0n) is 6.84. The average molecular weight is 181 g/mol. The highest BCUT2D eigenvalue weighted by Crippen LogP contribution is 2.10. The molecule has 2 rings (SSSR count). The van der Waals surface area contributed by atoms with Crippen LogP contribution in [0.2, 0.25) is 0 Å². The van der Waals surface area contributed by atoms with Crippen molar-refractivity contribution < 1.29 is 9.88 Å². The van der Waals surface area contributed by atoms with Crippen LogP contribution in [0, 0.1) is 0 Å². The molecule has 0 fully saturated rings. The SMILES string of the molecule is Cn1cnc2nc(OON)ncc21. The van der Waals surface area contributed by atoms with Crippen LogP contribution < -0.4 is 10.8 Å². The molecule has 0 saturated heterocycles. The molecule has 13 heavy (non-hydrogen) atoms. The minimum absolute atomic E-state index is 0.0358. The Morgan fingerprint density at radius 3 is 3.08 bits per heavy atom. The second-order valence-corrected chi connectivity index (χ2v) is 2.40. The van der Waals surface area contributed by atoms with E-state index in [-0.39, 0.29) is 6.01 Å². The maximum Gasteiger partial charge on any atom is 0.357 e. The van der Waals surface area contributed by atoms with Crippen molar-refractivity contribution in [1.82, 2.24) is 19.5 Å². The quantitative estimate of drug-likeness (QED) is 0.498. The van der Waals surface area contributed by atoms with Crippen LogP contribution in [-0.2, 0) is 12.0 Å². The molecule has 0 aliphatic rings. The Bertz CT molecular complexity index is 426. The van der Waals surface area contributed by atoms with Crippen LogP contribution in [0.3, 0.4) is 0 Å². The highest BCUT2D eigenvalue weighted by atomic mass is 17.3. The van der Waals surface area contributed by atoms with Gasteiger partial charge in [0.15, 0.2) is 5.65 Å². The number of hydrogen-bond donors (Lipinski definition) is 1. The molecule has 0 aliphatic heterocycles. The normalized spacial score (nSPS) is 10.6. The summed E-state index contributed by atoms with van der Waals surface area (Å²) in [5.74, 6) is 4.68. The Morgan fingerprint density at radius 1 is 1.46 bits per heavy atom. The van der Waals surface area contributed by atoms with Gasteiger partial charge in [-0.3, -0.25) is 4.89 Å². The third-order valence-corrected chi connectivity index (χ3v) is 1.58. The lowest BCUT2D eigenvalue weighted by molar-refractivity contribution is -0.217. The van der Waals surface area contributed by atoms with E-state index < -0.39 is 0 Å². The lowest BCUT2D eigenvalue weighted by Crippen LogP contribution is -2.05. The number of imidazole rings is 1. The van der Waals surface area contributed by atoms with E-state index in [1.54, 1.807) is 17.1 Å². The van der Waals surface area contributed by atoms with Crippen molar-refractivity contribution in [3.05, 3.63) is 12.5 Å². The summed E-state index contributed by atoms with van der Waals surface area (Å²) >= 11 is 0. The molecular formula is C6H7N5O2. The van der Waals surface area contributed by atoms with Crippen LogP contribution in [-0.4, -0.2) is 19.5 Å². The number of aromatic nitrogens is 4. The maximum absolute atomic E-state index is 4.68. The standard InChI is InChI=1S/C6H7N5O2/c1-11-3-9-5-4(11)2-8-6(10-5)12-13-7/h2-3H,7H2,1H3. The van der Waals surface area contributed by atoms with Gasteiger partial charge in [-0.25, -0.2) is 4.98 Å². The van der Waals surface area contributed by atoms with E-state index in [0.717, 1.165) is 5.52 Å². The topological polar surface area (TPSA) is 88.1 Å². The molecule has 7 heteroatoms. The number of aryl methyl sites for hydroxylation is 1. The molecule has 0 unspecified atom stereocenters. The van der Waals surface area contributed by atoms with Gasteiger partial charge in [0.05, 0.1) is 12.5 Å². The third-order valence-electron chi connectivity index (χ3n) is 1.58. The molecule has 0 aliphatic carbocycles. The van der Waals surface area contributed by atoms with Crippen LogP contribution in [0.1, 0.15) is 0 Å². The van der Waals surface area contributed by atoms with E-state index >= 15 is 0 Å². The summed E-state index contributed by atoms with van der Waals surface area (Å²) in [7, 11) is 1.85. The van der Waals surface area contributed by atoms with Crippen LogP contribution in [0.4, 0.5) is 0 Å². The van der Waals surface area contributed by atoms with Crippen molar-refractivity contribution in [2.24, 2.45) is 12.9 Å². The van der Waals surface area contributed by atoms with Gasteiger partial charge in [0.25, 0.3) is 0 Å². The van der Waals surface area contributed by atoms with Crippen molar-refractivity contribution in [2.45, 2.75) is 0 Å². The van der Waals surface area contributed by atoms with Crippen molar-refractivity contribution in [3.63, 3.8) is 0 Å². The molecule has 0 atom stereocenters. The first-order valence-corrected chi connectivity index (χ1v) is 3.49. The highest BCUT2D eigenvalue weighted by Gasteiger charge is 2.04. The van der Waals surface area contributed by atoms with Gasteiger partial charge in [0.2, 0.25) is 0 Å². The first-order valence-electron chi connectivity index (χ1n) is 3.49. The van der Waals surface area contributed by atoms with E-state index in [4.69, 9.17) is 0 Å². The molecule has 0 aromatic carbocycles. The molecule has 0 radical (unpaired) electrons. The Hall–Kier alpha value is -1.73. The average Bonchev–Trinajstić information content (AvgIpc) is 2.48. The Morgan fingerprint density at radius 2 is 2.31 bits per heavy atom. The summed E-state index contributed by atoms with van der Waals surface area (Å²) in [6.45, 7) is 0. The minimum Gasteiger partial charge on any atom is -0.331 e. The summed E-state index contributed by atoms with van der Waals surface area (Å²) in [5.41, 5.74) is 1.34. The molecule has 0 amide bonds. The lowest BCUT2D eigenvalue weighted by Gasteiger charge is -1.96. The fraction of sp³-hybridized carbons (Fsp3) is 0.167. The number of rotatable bonds is 2. The zero-order chi connectivity index (χ0) is 9.26. The van der Waals surface area contributed by atoms with Gasteiger partial charge in [-0.05, 0) is 0 Å². The van der Waals surface area contributed by atoms with Gasteiger partial charge in [0, 0.05) is 7.05 Å². The molecule has 2 aromatic rings. The first kappa shape index (κ1) is 7.90. The van der Waals surface area contributed by atoms with Gasteiger partial charge in [-0.15, -0.1) is 0 Å². The smallest absolute Gasteiger partial charge is 0.331 e. The molecule has 0 bridgehead atoms. The Kier molecular flexibility index (Phi) is 1.80. The van der Waals surface area contributed by atoms with Crippen LogP contribution >= 0.6 is 0 Å². The predicted octanol–water partition coefficient (Wildman–Crippen LogP) is -0.453. The predicted molar refractivity (Wildman–Crippen MR) is 42.2 cm³/mol. The van der Waals surface area contributed by atoms with Crippen LogP contribution in [0.25, 0.3) is 11.2 Å². The van der Waals surface area contributed by atoms with Gasteiger partial charge < -0.3 is 4.57 Å². The second kappa shape index (κ2) is 2.96.